The maximum absolute atomic E-state index is 13.9. The van der Waals surface area contributed by atoms with Gasteiger partial charge in [-0.25, -0.2) is 13.8 Å². The second-order valence-corrected chi connectivity index (χ2v) is 7.95. The molecule has 0 saturated carbocycles. The number of hydrogen-bond donors (Lipinski definition) is 2. The molecule has 9 nitrogen and oxygen atoms in total. The van der Waals surface area contributed by atoms with Crippen LogP contribution in [0.3, 0.4) is 0 Å². The second-order valence-electron chi connectivity index (χ2n) is 7.95. The van der Waals surface area contributed by atoms with E-state index in [1.807, 2.05) is 6.92 Å². The second kappa shape index (κ2) is 9.10. The number of carbonyl (C=O) groups is 1. The third-order valence-corrected chi connectivity index (χ3v) is 5.63. The molecule has 0 saturated heterocycles. The predicted molar refractivity (Wildman–Crippen MR) is 119 cm³/mol. The van der Waals surface area contributed by atoms with Gasteiger partial charge in [-0.15, -0.1) is 0 Å². The van der Waals surface area contributed by atoms with E-state index in [-0.39, 0.29) is 24.1 Å². The van der Waals surface area contributed by atoms with Gasteiger partial charge in [0.15, 0.2) is 5.82 Å². The Labute approximate surface area is 189 Å². The molecule has 4 rings (SSSR count). The van der Waals surface area contributed by atoms with E-state index in [0.717, 1.165) is 23.8 Å². The van der Waals surface area contributed by atoms with Crippen LogP contribution in [-0.2, 0) is 22.6 Å². The fourth-order valence-electron chi connectivity index (χ4n) is 3.80. The topological polar surface area (TPSA) is 97.2 Å². The summed E-state index contributed by atoms with van der Waals surface area (Å²) in [6.45, 7) is 4.11. The van der Waals surface area contributed by atoms with Crippen LogP contribution >= 0.6 is 0 Å². The van der Waals surface area contributed by atoms with Crippen LogP contribution < -0.4 is 15.5 Å². The third-order valence-electron chi connectivity index (χ3n) is 5.63. The molecule has 1 aliphatic heterocycles. The van der Waals surface area contributed by atoms with Crippen LogP contribution in [0.15, 0.2) is 30.6 Å². The van der Waals surface area contributed by atoms with E-state index < -0.39 is 17.7 Å². The number of nitrogens with one attached hydrogen (secondary N) is 2. The van der Waals surface area contributed by atoms with Crippen LogP contribution in [0.2, 0.25) is 0 Å². The number of nitrogens with zero attached hydrogens (tertiary/aromatic N) is 5. The molecule has 1 unspecified atom stereocenters. The lowest BCUT2D eigenvalue weighted by atomic mass is 10.1. The van der Waals surface area contributed by atoms with E-state index >= 15 is 0 Å². The fraction of sp³-hybridized carbons (Fsp3) is 0.364. The molecular weight excluding hydrogens is 432 g/mol. The fourth-order valence-corrected chi connectivity index (χ4v) is 3.80. The number of aryl methyl sites for hydroxylation is 1. The van der Waals surface area contributed by atoms with Gasteiger partial charge >= 0.3 is 0 Å². The van der Waals surface area contributed by atoms with Gasteiger partial charge in [-0.3, -0.25) is 9.48 Å². The van der Waals surface area contributed by atoms with Gasteiger partial charge in [0.05, 0.1) is 24.5 Å². The quantitative estimate of drug-likeness (QED) is 0.563. The lowest BCUT2D eigenvalue weighted by Gasteiger charge is -2.37. The zero-order valence-electron chi connectivity index (χ0n) is 18.8. The van der Waals surface area contributed by atoms with Crippen molar-refractivity contribution < 1.29 is 18.3 Å². The van der Waals surface area contributed by atoms with Crippen molar-refractivity contribution in [3.8, 4) is 0 Å². The van der Waals surface area contributed by atoms with Crippen molar-refractivity contribution in [2.45, 2.75) is 39.1 Å². The number of benzene rings is 1. The molecule has 0 aliphatic carbocycles. The lowest BCUT2D eigenvalue weighted by Crippen LogP contribution is -2.53. The van der Waals surface area contributed by atoms with Crippen molar-refractivity contribution in [3.63, 3.8) is 0 Å². The summed E-state index contributed by atoms with van der Waals surface area (Å²) in [6.07, 6.45) is 3.05. The number of hydrogen-bond acceptors (Lipinski definition) is 7. The van der Waals surface area contributed by atoms with Gasteiger partial charge in [0.1, 0.15) is 23.4 Å². The average molecular weight is 457 g/mol. The van der Waals surface area contributed by atoms with Crippen LogP contribution in [0.1, 0.15) is 23.7 Å². The van der Waals surface area contributed by atoms with Crippen molar-refractivity contribution in [3.05, 3.63) is 59.0 Å². The minimum absolute atomic E-state index is 0.113. The number of fused-ring (bicyclic) bond motifs is 1. The molecule has 2 atom stereocenters. The van der Waals surface area contributed by atoms with Crippen LogP contribution in [-0.4, -0.2) is 52.0 Å². The SMILES string of the molecule is CO[C@H](C)C1C(=O)Nc2c(C)nc(NCc3cnn(Cc4cc(F)ccc4F)c3)nc2N1C. The molecule has 3 heterocycles. The van der Waals surface area contributed by atoms with Gasteiger partial charge < -0.3 is 20.3 Å². The van der Waals surface area contributed by atoms with E-state index in [2.05, 4.69) is 25.7 Å². The molecule has 1 aromatic carbocycles. The lowest BCUT2D eigenvalue weighted by molar-refractivity contribution is -0.120. The third kappa shape index (κ3) is 4.63. The average Bonchev–Trinajstić information content (AvgIpc) is 3.23. The number of ether oxygens (including phenoxy) is 1. The van der Waals surface area contributed by atoms with Crippen molar-refractivity contribution in [1.82, 2.24) is 19.7 Å². The summed E-state index contributed by atoms with van der Waals surface area (Å²) in [5.41, 5.74) is 2.23. The molecule has 3 aromatic rings. The first-order valence-corrected chi connectivity index (χ1v) is 10.4. The summed E-state index contributed by atoms with van der Waals surface area (Å²) in [5, 5.41) is 10.3. The first kappa shape index (κ1) is 22.6. The Bertz CT molecular complexity index is 1180. The molecular formula is C22H25F2N7O2. The molecule has 0 bridgehead atoms. The number of amides is 1. The molecule has 0 fully saturated rings. The molecule has 1 amide bonds. The Morgan fingerprint density at radius 2 is 2.09 bits per heavy atom. The maximum Gasteiger partial charge on any atom is 0.249 e. The summed E-state index contributed by atoms with van der Waals surface area (Å²) in [5.74, 6) is -0.169. The minimum Gasteiger partial charge on any atom is -0.379 e. The van der Waals surface area contributed by atoms with Crippen LogP contribution in [0.25, 0.3) is 0 Å². The first-order chi connectivity index (χ1) is 15.8. The van der Waals surface area contributed by atoms with E-state index in [9.17, 15) is 13.6 Å². The van der Waals surface area contributed by atoms with Crippen molar-refractivity contribution in [2.24, 2.45) is 0 Å². The van der Waals surface area contributed by atoms with Crippen molar-refractivity contribution in [2.75, 3.05) is 29.7 Å². The molecule has 2 N–H and O–H groups in total. The summed E-state index contributed by atoms with van der Waals surface area (Å²) in [4.78, 5) is 23.3. The Balaban J connectivity index is 1.48. The molecule has 2 aromatic heterocycles. The standard InChI is InChI=1S/C22H25F2N7O2/c1-12-18-20(30(3)19(13(2)33-4)21(32)28-18)29-22(27-12)25-8-14-9-26-31(10-14)11-15-7-16(23)5-6-17(15)24/h5-7,9-10,13,19H,8,11H2,1-4H3,(H,28,32)(H,25,27,29)/t13-,19?/m1/s1. The zero-order chi connectivity index (χ0) is 23.7. The largest absolute Gasteiger partial charge is 0.379 e. The van der Waals surface area contributed by atoms with Crippen LogP contribution in [0.4, 0.5) is 26.2 Å². The smallest absolute Gasteiger partial charge is 0.249 e. The first-order valence-electron chi connectivity index (χ1n) is 10.4. The number of anilines is 3. The summed E-state index contributed by atoms with van der Waals surface area (Å²) in [6, 6.07) is 2.82. The highest BCUT2D eigenvalue weighted by molar-refractivity contribution is 6.03. The highest BCUT2D eigenvalue weighted by atomic mass is 19.1. The Morgan fingerprint density at radius 3 is 2.85 bits per heavy atom. The number of rotatable bonds is 7. The van der Waals surface area contributed by atoms with Crippen molar-refractivity contribution >= 4 is 23.4 Å². The molecule has 0 spiro atoms. The summed E-state index contributed by atoms with van der Waals surface area (Å²) >= 11 is 0. The molecule has 33 heavy (non-hydrogen) atoms. The molecule has 1 aliphatic rings. The molecule has 11 heteroatoms. The summed E-state index contributed by atoms with van der Waals surface area (Å²) in [7, 11) is 3.35. The van der Waals surface area contributed by atoms with Gasteiger partial charge in [-0.1, -0.05) is 0 Å². The highest BCUT2D eigenvalue weighted by Gasteiger charge is 2.37. The number of likely N-dealkylation sites (N-methyl/N-ethyl adjacent to an activating group) is 1. The molecule has 0 radical (unpaired) electrons. The van der Waals surface area contributed by atoms with Gasteiger partial charge in [0.25, 0.3) is 0 Å². The Hall–Kier alpha value is -3.60. The van der Waals surface area contributed by atoms with Crippen LogP contribution in [0.5, 0.6) is 0 Å². The van der Waals surface area contributed by atoms with Gasteiger partial charge in [0, 0.05) is 38.0 Å². The zero-order valence-corrected chi connectivity index (χ0v) is 18.8. The monoisotopic (exact) mass is 457 g/mol. The summed E-state index contributed by atoms with van der Waals surface area (Å²) < 4.78 is 34.2. The maximum atomic E-state index is 13.9. The number of aromatic nitrogens is 4. The van der Waals surface area contributed by atoms with E-state index in [1.165, 1.54) is 4.68 Å². The van der Waals surface area contributed by atoms with Crippen LogP contribution in [0, 0.1) is 18.6 Å². The molecule has 174 valence electrons. The van der Waals surface area contributed by atoms with Gasteiger partial charge in [-0.05, 0) is 32.0 Å². The van der Waals surface area contributed by atoms with Crippen molar-refractivity contribution in [1.29, 1.82) is 0 Å². The van der Waals surface area contributed by atoms with E-state index in [4.69, 9.17) is 4.74 Å². The normalized spacial score (nSPS) is 16.4. The van der Waals surface area contributed by atoms with Gasteiger partial charge in [0.2, 0.25) is 11.9 Å². The highest BCUT2D eigenvalue weighted by Crippen LogP contribution is 2.33. The Morgan fingerprint density at radius 1 is 1.30 bits per heavy atom. The Kier molecular flexibility index (Phi) is 6.23. The van der Waals surface area contributed by atoms with E-state index in [0.29, 0.717) is 29.7 Å². The van der Waals surface area contributed by atoms with Gasteiger partial charge in [-0.2, -0.15) is 10.1 Å². The number of carbonyl (C=O) groups excluding carboxylic acids is 1. The number of halogens is 2. The number of methoxy groups -OCH3 is 1. The van der Waals surface area contributed by atoms with E-state index in [1.54, 1.807) is 38.4 Å². The minimum atomic E-state index is -0.522. The predicted octanol–water partition coefficient (Wildman–Crippen LogP) is 2.71.